The number of aromatic nitrogens is 7. The molecular weight excluding hydrogens is 499 g/mol. The van der Waals surface area contributed by atoms with Gasteiger partial charge in [-0.2, -0.15) is 20.6 Å². The minimum Gasteiger partial charge on any atom is -0.370 e. The normalized spacial score (nSPS) is 14.0. The number of hydrogen-bond acceptors (Lipinski definition) is 7. The Balaban J connectivity index is 1.12. The van der Waals surface area contributed by atoms with Gasteiger partial charge in [0.2, 0.25) is 5.91 Å². The SMILES string of the molecule is Cn1cc(-c2cc(N3CCC(NC(=O)Cc4ccc(-n5cc(F)cn5)nc4)CC3)c3c(C#N)cnn3c2)cn1. The largest absolute Gasteiger partial charge is 0.370 e. The first kappa shape index (κ1) is 24.3. The monoisotopic (exact) mass is 524 g/mol. The minimum absolute atomic E-state index is 0.0471. The molecule has 11 nitrogen and oxygen atoms in total. The quantitative estimate of drug-likeness (QED) is 0.362. The maximum absolute atomic E-state index is 13.2. The van der Waals surface area contributed by atoms with Crippen LogP contribution in [0.5, 0.6) is 0 Å². The van der Waals surface area contributed by atoms with Crippen molar-refractivity contribution in [3.8, 4) is 23.0 Å². The second-order valence-corrected chi connectivity index (χ2v) is 9.61. The Labute approximate surface area is 223 Å². The number of rotatable bonds is 6. The predicted octanol–water partition coefficient (Wildman–Crippen LogP) is 2.65. The van der Waals surface area contributed by atoms with E-state index in [4.69, 9.17) is 0 Å². The summed E-state index contributed by atoms with van der Waals surface area (Å²) in [6.45, 7) is 1.45. The van der Waals surface area contributed by atoms with E-state index in [1.54, 1.807) is 33.7 Å². The highest BCUT2D eigenvalue weighted by Gasteiger charge is 2.24. The van der Waals surface area contributed by atoms with Crippen LogP contribution >= 0.6 is 0 Å². The highest BCUT2D eigenvalue weighted by atomic mass is 19.1. The second kappa shape index (κ2) is 10.0. The maximum Gasteiger partial charge on any atom is 0.224 e. The number of piperidine rings is 1. The number of nitrogens with zero attached hydrogens (tertiary/aromatic N) is 9. The first-order chi connectivity index (χ1) is 19.0. The molecule has 0 aliphatic carbocycles. The van der Waals surface area contributed by atoms with E-state index in [0.717, 1.165) is 60.0 Å². The molecule has 12 heteroatoms. The first-order valence-electron chi connectivity index (χ1n) is 12.6. The Morgan fingerprint density at radius 3 is 2.59 bits per heavy atom. The van der Waals surface area contributed by atoms with Crippen molar-refractivity contribution >= 4 is 17.1 Å². The molecule has 1 aliphatic rings. The molecule has 6 heterocycles. The number of pyridine rings is 2. The van der Waals surface area contributed by atoms with Crippen molar-refractivity contribution in [2.24, 2.45) is 7.05 Å². The number of nitriles is 1. The molecule has 0 radical (unpaired) electrons. The average molecular weight is 525 g/mol. The highest BCUT2D eigenvalue weighted by molar-refractivity contribution is 5.83. The van der Waals surface area contributed by atoms with Crippen molar-refractivity contribution in [1.29, 1.82) is 5.26 Å². The zero-order chi connectivity index (χ0) is 26.9. The summed E-state index contributed by atoms with van der Waals surface area (Å²) >= 11 is 0. The molecule has 0 aromatic carbocycles. The molecule has 196 valence electrons. The number of nitrogens with one attached hydrogen (secondary N) is 1. The van der Waals surface area contributed by atoms with Gasteiger partial charge in [-0.3, -0.25) is 9.48 Å². The molecule has 39 heavy (non-hydrogen) atoms. The van der Waals surface area contributed by atoms with E-state index in [9.17, 15) is 14.4 Å². The van der Waals surface area contributed by atoms with Gasteiger partial charge in [0.05, 0.1) is 42.5 Å². The number of carbonyl (C=O) groups is 1. The van der Waals surface area contributed by atoms with Gasteiger partial charge in [-0.05, 0) is 30.5 Å². The number of aryl methyl sites for hydroxylation is 1. The van der Waals surface area contributed by atoms with E-state index in [1.807, 2.05) is 25.6 Å². The Bertz CT molecular complexity index is 1690. The Kier molecular flexibility index (Phi) is 6.24. The van der Waals surface area contributed by atoms with Crippen LogP contribution in [0.4, 0.5) is 10.1 Å². The number of anilines is 1. The van der Waals surface area contributed by atoms with Gasteiger partial charge in [0, 0.05) is 55.9 Å². The van der Waals surface area contributed by atoms with E-state index >= 15 is 0 Å². The van der Waals surface area contributed by atoms with Crippen LogP contribution < -0.4 is 10.2 Å². The molecule has 0 spiro atoms. The molecule has 1 N–H and O–H groups in total. The number of hydrogen-bond donors (Lipinski definition) is 1. The fourth-order valence-corrected chi connectivity index (χ4v) is 4.96. The molecule has 5 aromatic heterocycles. The summed E-state index contributed by atoms with van der Waals surface area (Å²) < 4.78 is 18.1. The molecule has 5 aromatic rings. The summed E-state index contributed by atoms with van der Waals surface area (Å²) in [5, 5.41) is 25.4. The van der Waals surface area contributed by atoms with Gasteiger partial charge >= 0.3 is 0 Å². The van der Waals surface area contributed by atoms with Crippen LogP contribution in [0.25, 0.3) is 22.5 Å². The molecule has 1 fully saturated rings. The zero-order valence-electron chi connectivity index (χ0n) is 21.2. The van der Waals surface area contributed by atoms with Gasteiger partial charge < -0.3 is 10.2 Å². The summed E-state index contributed by atoms with van der Waals surface area (Å²) in [6, 6.07) is 7.89. The Hall–Kier alpha value is -5.05. The van der Waals surface area contributed by atoms with Gasteiger partial charge in [0.15, 0.2) is 11.6 Å². The van der Waals surface area contributed by atoms with E-state index in [0.29, 0.717) is 11.4 Å². The van der Waals surface area contributed by atoms with Crippen molar-refractivity contribution in [1.82, 2.24) is 39.5 Å². The number of amides is 1. The van der Waals surface area contributed by atoms with Crippen LogP contribution in [0.1, 0.15) is 24.0 Å². The van der Waals surface area contributed by atoms with Crippen LogP contribution in [-0.4, -0.2) is 59.2 Å². The highest BCUT2D eigenvalue weighted by Crippen LogP contribution is 2.32. The van der Waals surface area contributed by atoms with Crippen molar-refractivity contribution in [2.45, 2.75) is 25.3 Å². The lowest BCUT2D eigenvalue weighted by molar-refractivity contribution is -0.121. The molecule has 6 rings (SSSR count). The van der Waals surface area contributed by atoms with Gasteiger partial charge in [0.25, 0.3) is 0 Å². The number of fused-ring (bicyclic) bond motifs is 1. The van der Waals surface area contributed by atoms with Crippen molar-refractivity contribution in [2.75, 3.05) is 18.0 Å². The lowest BCUT2D eigenvalue weighted by Crippen LogP contribution is -2.45. The molecule has 1 saturated heterocycles. The molecule has 1 aliphatic heterocycles. The first-order valence-corrected chi connectivity index (χ1v) is 12.6. The van der Waals surface area contributed by atoms with Gasteiger partial charge in [0.1, 0.15) is 11.6 Å². The molecule has 0 atom stereocenters. The third-order valence-corrected chi connectivity index (χ3v) is 6.91. The van der Waals surface area contributed by atoms with Crippen LogP contribution in [0.15, 0.2) is 61.6 Å². The summed E-state index contributed by atoms with van der Waals surface area (Å²) in [7, 11) is 1.87. The van der Waals surface area contributed by atoms with Crippen molar-refractivity contribution in [3.05, 3.63) is 78.5 Å². The lowest BCUT2D eigenvalue weighted by Gasteiger charge is -2.34. The van der Waals surface area contributed by atoms with Crippen molar-refractivity contribution < 1.29 is 9.18 Å². The van der Waals surface area contributed by atoms with Crippen LogP contribution in [0.3, 0.4) is 0 Å². The van der Waals surface area contributed by atoms with E-state index in [2.05, 4.69) is 42.6 Å². The lowest BCUT2D eigenvalue weighted by atomic mass is 10.0. The van der Waals surface area contributed by atoms with Gasteiger partial charge in [-0.15, -0.1) is 0 Å². The molecule has 0 saturated carbocycles. The minimum atomic E-state index is -0.437. The third-order valence-electron chi connectivity index (χ3n) is 6.91. The molecule has 0 bridgehead atoms. The van der Waals surface area contributed by atoms with Crippen molar-refractivity contribution in [3.63, 3.8) is 0 Å². The van der Waals surface area contributed by atoms with E-state index in [-0.39, 0.29) is 18.4 Å². The summed E-state index contributed by atoms with van der Waals surface area (Å²) in [5.74, 6) is -0.0286. The smallest absolute Gasteiger partial charge is 0.224 e. The zero-order valence-corrected chi connectivity index (χ0v) is 21.2. The second-order valence-electron chi connectivity index (χ2n) is 9.61. The summed E-state index contributed by atoms with van der Waals surface area (Å²) in [5.41, 5.74) is 4.94. The fourth-order valence-electron chi connectivity index (χ4n) is 4.96. The summed E-state index contributed by atoms with van der Waals surface area (Å²) in [6.07, 6.45) is 13.0. The predicted molar refractivity (Wildman–Crippen MR) is 141 cm³/mol. The third kappa shape index (κ3) is 4.94. The average Bonchev–Trinajstić information content (AvgIpc) is 3.68. The Morgan fingerprint density at radius 1 is 1.08 bits per heavy atom. The summed E-state index contributed by atoms with van der Waals surface area (Å²) in [4.78, 5) is 19.3. The molecule has 0 unspecified atom stereocenters. The van der Waals surface area contributed by atoms with E-state index in [1.165, 1.54) is 10.9 Å². The fraction of sp³-hybridized carbons (Fsp3) is 0.259. The molecule has 1 amide bonds. The van der Waals surface area contributed by atoms with Crippen LogP contribution in [0.2, 0.25) is 0 Å². The topological polar surface area (TPSA) is 122 Å². The standard InChI is InChI=1S/C27H25FN10O/c1-35-15-21(13-31-35)19-9-24(27-20(10-29)12-32-38(27)16-19)36-6-4-23(5-7-36)34-26(39)8-18-2-3-25(30-11-18)37-17-22(28)14-33-37/h2-3,9,11-17,23H,4-8H2,1H3,(H,34,39). The van der Waals surface area contributed by atoms with E-state index < -0.39 is 5.82 Å². The maximum atomic E-state index is 13.2. The number of carbonyl (C=O) groups excluding carboxylic acids is 1. The van der Waals surface area contributed by atoms with Gasteiger partial charge in [-0.1, -0.05) is 6.07 Å². The Morgan fingerprint density at radius 2 is 1.92 bits per heavy atom. The number of halogens is 1. The van der Waals surface area contributed by atoms with Gasteiger partial charge in [-0.25, -0.2) is 18.6 Å². The van der Waals surface area contributed by atoms with Crippen LogP contribution in [0, 0.1) is 17.1 Å². The molecular formula is C27H25FN10O. The van der Waals surface area contributed by atoms with Crippen LogP contribution in [-0.2, 0) is 18.3 Å².